The summed E-state index contributed by atoms with van der Waals surface area (Å²) in [5.74, 6) is 1.23. The van der Waals surface area contributed by atoms with Crippen LogP contribution in [0.4, 0.5) is 5.82 Å². The summed E-state index contributed by atoms with van der Waals surface area (Å²) in [4.78, 5) is 8.51. The van der Waals surface area contributed by atoms with E-state index in [1.54, 1.807) is 14.2 Å². The van der Waals surface area contributed by atoms with E-state index in [1.165, 1.54) is 0 Å². The number of ether oxygens (including phenoxy) is 4. The number of rotatable bonds is 4. The van der Waals surface area contributed by atoms with E-state index in [9.17, 15) is 0 Å². The van der Waals surface area contributed by atoms with Gasteiger partial charge in [0, 0.05) is 18.2 Å². The van der Waals surface area contributed by atoms with Crippen molar-refractivity contribution in [2.75, 3.05) is 20.0 Å². The van der Waals surface area contributed by atoms with Crippen molar-refractivity contribution >= 4 is 28.5 Å². The van der Waals surface area contributed by atoms with Gasteiger partial charge >= 0.3 is 0 Å². The van der Waals surface area contributed by atoms with E-state index < -0.39 is 5.79 Å². The molecule has 0 unspecified atom stereocenters. The highest BCUT2D eigenvalue weighted by Gasteiger charge is 2.55. The van der Waals surface area contributed by atoms with Crippen LogP contribution in [0.5, 0.6) is 11.5 Å². The van der Waals surface area contributed by atoms with Crippen LogP contribution in [0.3, 0.4) is 0 Å². The van der Waals surface area contributed by atoms with Crippen molar-refractivity contribution in [3.8, 4) is 11.5 Å². The highest BCUT2D eigenvalue weighted by atomic mass is 35.5. The van der Waals surface area contributed by atoms with Crippen molar-refractivity contribution in [2.24, 2.45) is 0 Å². The van der Waals surface area contributed by atoms with Gasteiger partial charge in [-0.2, -0.15) is 4.98 Å². The molecule has 0 radical (unpaired) electrons. The molecule has 31 heavy (non-hydrogen) atoms. The number of nitrogen functional groups attached to an aromatic ring is 1. The number of halogens is 1. The van der Waals surface area contributed by atoms with Gasteiger partial charge in [-0.25, -0.2) is 4.98 Å². The maximum absolute atomic E-state index is 6.37. The van der Waals surface area contributed by atoms with Crippen molar-refractivity contribution in [1.82, 2.24) is 14.5 Å². The summed E-state index contributed by atoms with van der Waals surface area (Å²) < 4.78 is 25.8. The monoisotopic (exact) mass is 444 g/mol. The molecule has 1 aromatic carbocycles. The molecule has 8 nitrogen and oxygen atoms in total. The van der Waals surface area contributed by atoms with Crippen LogP contribution in [0.2, 0.25) is 5.28 Å². The Morgan fingerprint density at radius 3 is 2.45 bits per heavy atom. The van der Waals surface area contributed by atoms with Gasteiger partial charge in [0.05, 0.1) is 31.8 Å². The number of hydrogen-bond acceptors (Lipinski definition) is 7. The maximum Gasteiger partial charge on any atom is 0.226 e. The Labute approximate surface area is 185 Å². The average molecular weight is 445 g/mol. The number of hydrogen-bond donors (Lipinski definition) is 1. The van der Waals surface area contributed by atoms with Crippen LogP contribution in [0, 0.1) is 0 Å². The SMILES string of the molecule is COc1cc(OC)cc([C@H]2C[C@@H](n3ccc4c(N)nc(Cl)nc43)[C@@H]3OC(C)(C)O[C@@H]32)c1. The standard InChI is InChI=1S/C22H25ClN4O4/c1-22(2)30-17-15(11-7-12(28-3)9-13(8-11)29-4)10-16(18(17)31-22)27-6-5-14-19(24)25-21(23)26-20(14)27/h5-9,15-18H,10H2,1-4H3,(H2,24,25,26)/t15-,16-,17-,18+/m1/s1. The number of anilines is 1. The minimum absolute atomic E-state index is 0.0168. The highest BCUT2D eigenvalue weighted by Crippen LogP contribution is 2.52. The Morgan fingerprint density at radius 1 is 1.10 bits per heavy atom. The zero-order valence-electron chi connectivity index (χ0n) is 17.8. The minimum Gasteiger partial charge on any atom is -0.497 e. The molecule has 0 amide bonds. The topological polar surface area (TPSA) is 93.7 Å². The van der Waals surface area contributed by atoms with E-state index in [0.717, 1.165) is 28.9 Å². The summed E-state index contributed by atoms with van der Waals surface area (Å²) in [7, 11) is 3.30. The van der Waals surface area contributed by atoms with Crippen LogP contribution in [0.15, 0.2) is 30.5 Å². The van der Waals surface area contributed by atoms with Crippen LogP contribution < -0.4 is 15.2 Å². The zero-order chi connectivity index (χ0) is 21.9. The molecular formula is C22H25ClN4O4. The first kappa shape index (κ1) is 20.4. The fraction of sp³-hybridized carbons (Fsp3) is 0.455. The molecule has 1 saturated heterocycles. The van der Waals surface area contributed by atoms with Gasteiger partial charge in [-0.05, 0) is 55.6 Å². The van der Waals surface area contributed by atoms with Crippen LogP contribution >= 0.6 is 11.6 Å². The zero-order valence-corrected chi connectivity index (χ0v) is 18.6. The lowest BCUT2D eigenvalue weighted by atomic mass is 9.94. The Bertz CT molecular complexity index is 1130. The van der Waals surface area contributed by atoms with Crippen molar-refractivity contribution in [1.29, 1.82) is 0 Å². The molecule has 1 aliphatic heterocycles. The molecule has 0 bridgehead atoms. The quantitative estimate of drug-likeness (QED) is 0.609. The molecule has 2 N–H and O–H groups in total. The number of nitrogens with zero attached hydrogens (tertiary/aromatic N) is 3. The van der Waals surface area contributed by atoms with Gasteiger partial charge < -0.3 is 29.2 Å². The second-order valence-electron chi connectivity index (χ2n) is 8.46. The van der Waals surface area contributed by atoms with E-state index >= 15 is 0 Å². The van der Waals surface area contributed by atoms with Crippen molar-refractivity contribution in [2.45, 2.75) is 50.2 Å². The molecule has 3 heterocycles. The number of methoxy groups -OCH3 is 2. The van der Waals surface area contributed by atoms with Gasteiger partial charge in [-0.1, -0.05) is 0 Å². The summed E-state index contributed by atoms with van der Waals surface area (Å²) in [5.41, 5.74) is 7.84. The average Bonchev–Trinajstić information content (AvgIpc) is 3.38. The lowest BCUT2D eigenvalue weighted by Crippen LogP contribution is -2.27. The summed E-state index contributed by atoms with van der Waals surface area (Å²) >= 11 is 6.11. The van der Waals surface area contributed by atoms with E-state index in [4.69, 9.17) is 36.3 Å². The number of aromatic nitrogens is 3. The molecule has 1 aliphatic carbocycles. The lowest BCUT2D eigenvalue weighted by Gasteiger charge is -2.25. The fourth-order valence-electron chi connectivity index (χ4n) is 4.89. The first-order valence-electron chi connectivity index (χ1n) is 10.2. The first-order chi connectivity index (χ1) is 14.8. The predicted octanol–water partition coefficient (Wildman–Crippen LogP) is 3.93. The van der Waals surface area contributed by atoms with Crippen LogP contribution in [0.1, 0.15) is 37.8 Å². The molecule has 1 saturated carbocycles. The first-order valence-corrected chi connectivity index (χ1v) is 10.6. The van der Waals surface area contributed by atoms with Gasteiger partial charge in [0.25, 0.3) is 0 Å². The van der Waals surface area contributed by atoms with Crippen LogP contribution in [0.25, 0.3) is 11.0 Å². The van der Waals surface area contributed by atoms with E-state index in [-0.39, 0.29) is 29.5 Å². The normalized spacial score (nSPS) is 26.9. The van der Waals surface area contributed by atoms with Gasteiger partial charge in [-0.15, -0.1) is 0 Å². The molecule has 0 spiro atoms. The lowest BCUT2D eigenvalue weighted by molar-refractivity contribution is -0.157. The molecule has 2 aromatic heterocycles. The smallest absolute Gasteiger partial charge is 0.226 e. The molecule has 2 aliphatic rings. The van der Waals surface area contributed by atoms with Gasteiger partial charge in [0.1, 0.15) is 29.1 Å². The number of fused-ring (bicyclic) bond motifs is 2. The molecule has 9 heteroatoms. The summed E-state index contributed by atoms with van der Waals surface area (Å²) in [6.07, 6.45) is 2.45. The summed E-state index contributed by atoms with van der Waals surface area (Å²) in [6.45, 7) is 3.88. The van der Waals surface area contributed by atoms with E-state index in [1.807, 2.05) is 44.3 Å². The largest absolute Gasteiger partial charge is 0.497 e. The van der Waals surface area contributed by atoms with Gasteiger partial charge in [-0.3, -0.25) is 0 Å². The highest BCUT2D eigenvalue weighted by molar-refractivity contribution is 6.28. The van der Waals surface area contributed by atoms with Crippen molar-refractivity contribution in [3.05, 3.63) is 41.3 Å². The fourth-order valence-corrected chi connectivity index (χ4v) is 5.06. The number of benzene rings is 1. The Hall–Kier alpha value is -2.55. The van der Waals surface area contributed by atoms with Crippen LogP contribution in [-0.4, -0.2) is 46.7 Å². The Morgan fingerprint density at radius 2 is 1.77 bits per heavy atom. The second kappa shape index (κ2) is 7.25. The third-order valence-corrected chi connectivity index (χ3v) is 6.34. The summed E-state index contributed by atoms with van der Waals surface area (Å²) in [6, 6.07) is 7.83. The molecule has 5 rings (SSSR count). The molecule has 164 valence electrons. The molecule has 4 atom stereocenters. The molecule has 3 aromatic rings. The van der Waals surface area contributed by atoms with E-state index in [2.05, 4.69) is 14.5 Å². The Kier molecular flexibility index (Phi) is 4.76. The predicted molar refractivity (Wildman–Crippen MR) is 117 cm³/mol. The molecular weight excluding hydrogens is 420 g/mol. The van der Waals surface area contributed by atoms with Crippen molar-refractivity contribution in [3.63, 3.8) is 0 Å². The third kappa shape index (κ3) is 3.39. The third-order valence-electron chi connectivity index (χ3n) is 6.17. The number of nitrogens with two attached hydrogens (primary N) is 1. The molecule has 2 fully saturated rings. The van der Waals surface area contributed by atoms with Crippen LogP contribution in [-0.2, 0) is 9.47 Å². The maximum atomic E-state index is 6.37. The second-order valence-corrected chi connectivity index (χ2v) is 8.80. The summed E-state index contributed by atoms with van der Waals surface area (Å²) in [5, 5.41) is 0.892. The van der Waals surface area contributed by atoms with Gasteiger partial charge in [0.2, 0.25) is 5.28 Å². The van der Waals surface area contributed by atoms with Crippen molar-refractivity contribution < 1.29 is 18.9 Å². The van der Waals surface area contributed by atoms with E-state index in [0.29, 0.717) is 11.5 Å². The Balaban J connectivity index is 1.60. The van der Waals surface area contributed by atoms with Gasteiger partial charge in [0.15, 0.2) is 5.79 Å². The minimum atomic E-state index is -0.691.